The smallest absolute Gasteiger partial charge is 0.319 e. The number of aromatic nitrogens is 2. The van der Waals surface area contributed by atoms with Crippen molar-refractivity contribution in [2.45, 2.75) is 6.55 Å². The van der Waals surface area contributed by atoms with Crippen molar-refractivity contribution in [1.29, 1.82) is 0 Å². The normalized spacial score (nSPS) is 11.3. The summed E-state index contributed by atoms with van der Waals surface area (Å²) in [5.74, 6) is 0.275. The molecule has 0 aromatic carbocycles. The molecule has 0 unspecified atom stereocenters. The Kier molecular flexibility index (Phi) is 1.65. The third-order valence-corrected chi connectivity index (χ3v) is 1.89. The third-order valence-electron chi connectivity index (χ3n) is 1.89. The minimum absolute atomic E-state index is 0.275. The highest BCUT2D eigenvalue weighted by Gasteiger charge is 2.10. The first-order chi connectivity index (χ1) is 6.20. The maximum Gasteiger partial charge on any atom is 0.319 e. The van der Waals surface area contributed by atoms with Gasteiger partial charge in [-0.05, 0) is 12.1 Å². The van der Waals surface area contributed by atoms with E-state index < -0.39 is 6.55 Å². The zero-order valence-electron chi connectivity index (χ0n) is 6.61. The van der Waals surface area contributed by atoms with Crippen LogP contribution in [-0.2, 0) is 0 Å². The van der Waals surface area contributed by atoms with Crippen LogP contribution in [0, 0.1) is 0 Å². The fourth-order valence-corrected chi connectivity index (χ4v) is 1.28. The summed E-state index contributed by atoms with van der Waals surface area (Å²) in [6.45, 7) is -2.54. The Morgan fingerprint density at radius 1 is 1.38 bits per heavy atom. The van der Waals surface area contributed by atoms with Crippen LogP contribution in [0.25, 0.3) is 10.9 Å². The zero-order valence-corrected chi connectivity index (χ0v) is 6.61. The number of nitrogen functional groups attached to an aromatic ring is 1. The van der Waals surface area contributed by atoms with Crippen molar-refractivity contribution >= 4 is 16.7 Å². The number of halogens is 2. The number of anilines is 1. The second kappa shape index (κ2) is 2.69. The van der Waals surface area contributed by atoms with Crippen LogP contribution in [0.3, 0.4) is 0 Å². The molecule has 0 bridgehead atoms. The van der Waals surface area contributed by atoms with Crippen molar-refractivity contribution in [3.63, 3.8) is 0 Å². The van der Waals surface area contributed by atoms with Crippen LogP contribution in [0.2, 0.25) is 0 Å². The molecule has 13 heavy (non-hydrogen) atoms. The van der Waals surface area contributed by atoms with Crippen LogP contribution in [0.15, 0.2) is 24.5 Å². The lowest BCUT2D eigenvalue weighted by Crippen LogP contribution is -1.96. The molecule has 68 valence electrons. The molecule has 5 heteroatoms. The van der Waals surface area contributed by atoms with Crippen molar-refractivity contribution in [3.8, 4) is 0 Å². The van der Waals surface area contributed by atoms with Gasteiger partial charge < -0.3 is 5.73 Å². The van der Waals surface area contributed by atoms with Crippen molar-refractivity contribution in [2.24, 2.45) is 0 Å². The molecule has 2 aromatic rings. The van der Waals surface area contributed by atoms with Crippen LogP contribution < -0.4 is 5.73 Å². The summed E-state index contributed by atoms with van der Waals surface area (Å²) in [7, 11) is 0. The molecule has 0 amide bonds. The van der Waals surface area contributed by atoms with E-state index in [2.05, 4.69) is 4.98 Å². The van der Waals surface area contributed by atoms with Gasteiger partial charge in [-0.3, -0.25) is 4.57 Å². The average Bonchev–Trinajstić information content (AvgIpc) is 2.48. The Labute approximate surface area is 72.8 Å². The Bertz CT molecular complexity index is 436. The van der Waals surface area contributed by atoms with Gasteiger partial charge in [-0.25, -0.2) is 4.98 Å². The van der Waals surface area contributed by atoms with Gasteiger partial charge in [-0.1, -0.05) is 0 Å². The van der Waals surface area contributed by atoms with Gasteiger partial charge in [-0.15, -0.1) is 0 Å². The van der Waals surface area contributed by atoms with E-state index in [0.717, 1.165) is 4.57 Å². The number of alkyl halides is 2. The molecular formula is C8H7F2N3. The van der Waals surface area contributed by atoms with E-state index in [-0.39, 0.29) is 5.82 Å². The lowest BCUT2D eigenvalue weighted by Gasteiger charge is -2.02. The highest BCUT2D eigenvalue weighted by Crippen LogP contribution is 2.24. The van der Waals surface area contributed by atoms with Crippen molar-refractivity contribution < 1.29 is 8.78 Å². The quantitative estimate of drug-likeness (QED) is 0.734. The van der Waals surface area contributed by atoms with E-state index in [9.17, 15) is 8.78 Å². The summed E-state index contributed by atoms with van der Waals surface area (Å²) in [6, 6.07) is 3.04. The molecule has 0 saturated carbocycles. The predicted molar refractivity (Wildman–Crippen MR) is 45.4 cm³/mol. The first-order valence-corrected chi connectivity index (χ1v) is 3.69. The second-order valence-corrected chi connectivity index (χ2v) is 2.63. The summed E-state index contributed by atoms with van der Waals surface area (Å²) in [4.78, 5) is 3.80. The molecule has 0 saturated heterocycles. The minimum atomic E-state index is -2.54. The van der Waals surface area contributed by atoms with Gasteiger partial charge in [0.2, 0.25) is 0 Å². The van der Waals surface area contributed by atoms with Gasteiger partial charge in [0.1, 0.15) is 5.82 Å². The molecule has 0 spiro atoms. The van der Waals surface area contributed by atoms with Gasteiger partial charge in [-0.2, -0.15) is 8.78 Å². The topological polar surface area (TPSA) is 43.8 Å². The van der Waals surface area contributed by atoms with E-state index in [1.165, 1.54) is 24.5 Å². The summed E-state index contributed by atoms with van der Waals surface area (Å²) in [5, 5.41) is 0.558. The number of rotatable bonds is 1. The fourth-order valence-electron chi connectivity index (χ4n) is 1.28. The Morgan fingerprint density at radius 2 is 2.15 bits per heavy atom. The predicted octanol–water partition coefficient (Wildman–Crippen LogP) is 2.01. The zero-order chi connectivity index (χ0) is 9.42. The lowest BCUT2D eigenvalue weighted by molar-refractivity contribution is 0.0752. The molecule has 2 heterocycles. The van der Waals surface area contributed by atoms with E-state index in [0.29, 0.717) is 10.9 Å². The number of nitrogens with two attached hydrogens (primary N) is 1. The highest BCUT2D eigenvalue weighted by atomic mass is 19.3. The van der Waals surface area contributed by atoms with Crippen LogP contribution in [0.1, 0.15) is 6.55 Å². The van der Waals surface area contributed by atoms with E-state index in [1.807, 2.05) is 0 Å². The molecule has 3 nitrogen and oxygen atoms in total. The van der Waals surface area contributed by atoms with Gasteiger partial charge in [0, 0.05) is 17.8 Å². The van der Waals surface area contributed by atoms with E-state index >= 15 is 0 Å². The molecular weight excluding hydrogens is 176 g/mol. The summed E-state index contributed by atoms with van der Waals surface area (Å²) in [6.07, 6.45) is 2.71. The maximum atomic E-state index is 12.4. The van der Waals surface area contributed by atoms with E-state index in [1.54, 1.807) is 0 Å². The van der Waals surface area contributed by atoms with Crippen LogP contribution >= 0.6 is 0 Å². The number of nitrogens with zero attached hydrogens (tertiary/aromatic N) is 2. The molecule has 2 rings (SSSR count). The number of hydrogen-bond donors (Lipinski definition) is 1. The van der Waals surface area contributed by atoms with Crippen molar-refractivity contribution in [1.82, 2.24) is 9.55 Å². The standard InChI is InChI=1S/C8H7F2N3/c9-8(10)13-4-2-5-6(13)1-3-12-7(5)11/h1-4,8H,(H2,11,12). The molecule has 2 aromatic heterocycles. The largest absolute Gasteiger partial charge is 0.383 e. The maximum absolute atomic E-state index is 12.4. The number of pyridine rings is 1. The molecule has 0 atom stereocenters. The summed E-state index contributed by atoms with van der Waals surface area (Å²) >= 11 is 0. The van der Waals surface area contributed by atoms with Crippen LogP contribution in [0.4, 0.5) is 14.6 Å². The molecule has 2 N–H and O–H groups in total. The SMILES string of the molecule is Nc1nccc2c1ccn2C(F)F. The van der Waals surface area contributed by atoms with Gasteiger partial charge >= 0.3 is 6.55 Å². The Morgan fingerprint density at radius 3 is 2.85 bits per heavy atom. The molecule has 0 aliphatic carbocycles. The number of fused-ring (bicyclic) bond motifs is 1. The van der Waals surface area contributed by atoms with Crippen molar-refractivity contribution in [2.75, 3.05) is 5.73 Å². The monoisotopic (exact) mass is 183 g/mol. The first kappa shape index (κ1) is 7.97. The molecule has 0 radical (unpaired) electrons. The molecule has 0 fully saturated rings. The Hall–Kier alpha value is -1.65. The first-order valence-electron chi connectivity index (χ1n) is 3.69. The molecule has 0 aliphatic heterocycles. The fraction of sp³-hybridized carbons (Fsp3) is 0.125. The van der Waals surface area contributed by atoms with Gasteiger partial charge in [0.25, 0.3) is 0 Å². The summed E-state index contributed by atoms with van der Waals surface area (Å²) < 4.78 is 25.6. The number of hydrogen-bond acceptors (Lipinski definition) is 2. The van der Waals surface area contributed by atoms with Crippen LogP contribution in [0.5, 0.6) is 0 Å². The average molecular weight is 183 g/mol. The second-order valence-electron chi connectivity index (χ2n) is 2.63. The highest BCUT2D eigenvalue weighted by molar-refractivity contribution is 5.88. The summed E-state index contributed by atoms with van der Waals surface area (Å²) in [5.41, 5.74) is 5.91. The third kappa shape index (κ3) is 1.12. The van der Waals surface area contributed by atoms with E-state index in [4.69, 9.17) is 5.73 Å². The molecule has 0 aliphatic rings. The minimum Gasteiger partial charge on any atom is -0.383 e. The van der Waals surface area contributed by atoms with Crippen LogP contribution in [-0.4, -0.2) is 9.55 Å². The van der Waals surface area contributed by atoms with Crippen molar-refractivity contribution in [3.05, 3.63) is 24.5 Å². The Balaban J connectivity index is 2.75. The van der Waals surface area contributed by atoms with Gasteiger partial charge in [0.05, 0.1) is 5.52 Å². The lowest BCUT2D eigenvalue weighted by atomic mass is 10.3. The van der Waals surface area contributed by atoms with Gasteiger partial charge in [0.15, 0.2) is 0 Å².